The molecule has 0 spiro atoms. The summed E-state index contributed by atoms with van der Waals surface area (Å²) in [5, 5.41) is 7.91. The van der Waals surface area contributed by atoms with Crippen molar-refractivity contribution in [1.29, 1.82) is 0 Å². The van der Waals surface area contributed by atoms with Gasteiger partial charge in [-0.25, -0.2) is 4.98 Å². The lowest BCUT2D eigenvalue weighted by Gasteiger charge is -2.23. The van der Waals surface area contributed by atoms with Gasteiger partial charge in [0.15, 0.2) is 5.65 Å². The number of anilines is 1. The number of rotatable bonds is 2. The quantitative estimate of drug-likeness (QED) is 0.707. The zero-order valence-corrected chi connectivity index (χ0v) is 15.2. The molecule has 24 heavy (non-hydrogen) atoms. The molecule has 1 aliphatic heterocycles. The third-order valence-electron chi connectivity index (χ3n) is 4.66. The van der Waals surface area contributed by atoms with Crippen LogP contribution in [0, 0.1) is 6.92 Å². The Bertz CT molecular complexity index is 896. The maximum atomic E-state index is 6.34. The van der Waals surface area contributed by atoms with Crippen molar-refractivity contribution < 1.29 is 0 Å². The molecule has 1 aromatic carbocycles. The molecule has 0 bridgehead atoms. The number of nitrogens with two attached hydrogens (primary N) is 1. The Hall–Kier alpha value is -1.92. The second kappa shape index (κ2) is 6.18. The summed E-state index contributed by atoms with van der Waals surface area (Å²) in [6.45, 7) is 4.11. The summed E-state index contributed by atoms with van der Waals surface area (Å²) in [7, 11) is 0. The number of nitrogens with one attached hydrogen (secondary N) is 1. The second-order valence-electron chi connectivity index (χ2n) is 6.40. The number of hydrogen-bond acceptors (Lipinski definition) is 4. The molecule has 1 unspecified atom stereocenters. The van der Waals surface area contributed by atoms with Crippen molar-refractivity contribution in [2.75, 3.05) is 18.8 Å². The van der Waals surface area contributed by atoms with Crippen molar-refractivity contribution >= 4 is 27.4 Å². The summed E-state index contributed by atoms with van der Waals surface area (Å²) in [4.78, 5) is 4.96. The van der Waals surface area contributed by atoms with Gasteiger partial charge in [0.05, 0.1) is 16.4 Å². The van der Waals surface area contributed by atoms with E-state index in [0.29, 0.717) is 11.7 Å². The van der Waals surface area contributed by atoms with Gasteiger partial charge in [0.2, 0.25) is 0 Å². The third kappa shape index (κ3) is 2.59. The van der Waals surface area contributed by atoms with Gasteiger partial charge in [-0.2, -0.15) is 9.61 Å². The zero-order valence-electron chi connectivity index (χ0n) is 13.6. The molecule has 3 N–H and O–H groups in total. The normalized spacial score (nSPS) is 18.2. The number of aryl methyl sites for hydroxylation is 1. The molecule has 0 aliphatic carbocycles. The van der Waals surface area contributed by atoms with Gasteiger partial charge in [0.25, 0.3) is 0 Å². The van der Waals surface area contributed by atoms with Gasteiger partial charge >= 0.3 is 0 Å². The predicted octanol–water partition coefficient (Wildman–Crippen LogP) is 3.52. The molecule has 0 amide bonds. The van der Waals surface area contributed by atoms with Crippen molar-refractivity contribution in [3.8, 4) is 11.1 Å². The Morgan fingerprint density at radius 2 is 2.25 bits per heavy atom. The van der Waals surface area contributed by atoms with Crippen LogP contribution in [0.5, 0.6) is 0 Å². The molecule has 1 aliphatic rings. The number of benzene rings is 1. The smallest absolute Gasteiger partial charge is 0.165 e. The van der Waals surface area contributed by atoms with Gasteiger partial charge < -0.3 is 11.1 Å². The topological polar surface area (TPSA) is 68.2 Å². The average molecular weight is 386 g/mol. The summed E-state index contributed by atoms with van der Waals surface area (Å²) in [6.07, 6.45) is 4.14. The highest BCUT2D eigenvalue weighted by atomic mass is 79.9. The van der Waals surface area contributed by atoms with Crippen LogP contribution in [0.1, 0.15) is 30.0 Å². The summed E-state index contributed by atoms with van der Waals surface area (Å²) >= 11 is 3.64. The Morgan fingerprint density at radius 3 is 3.00 bits per heavy atom. The standard InChI is InChI=1S/C18H20BrN5/c1-11-4-2-5-12(8-11)14-10-22-24-17(20)15(19)16(23-18(14)24)13-6-3-7-21-9-13/h2,4-5,8,10,13,21H,3,6-7,9,20H2,1H3. The molecule has 3 heterocycles. The highest BCUT2D eigenvalue weighted by molar-refractivity contribution is 9.10. The molecule has 5 nitrogen and oxygen atoms in total. The lowest BCUT2D eigenvalue weighted by molar-refractivity contribution is 0.453. The number of nitrogens with zero attached hydrogens (tertiary/aromatic N) is 3. The van der Waals surface area contributed by atoms with E-state index in [0.717, 1.165) is 52.9 Å². The first-order chi connectivity index (χ1) is 11.6. The third-order valence-corrected chi connectivity index (χ3v) is 5.47. The van der Waals surface area contributed by atoms with E-state index in [1.54, 1.807) is 4.52 Å². The van der Waals surface area contributed by atoms with Crippen molar-refractivity contribution in [1.82, 2.24) is 19.9 Å². The fourth-order valence-corrected chi connectivity index (χ4v) is 3.97. The first-order valence-corrected chi connectivity index (χ1v) is 9.05. The van der Waals surface area contributed by atoms with Crippen LogP contribution in [0.3, 0.4) is 0 Å². The summed E-state index contributed by atoms with van der Waals surface area (Å²) in [6, 6.07) is 8.39. The van der Waals surface area contributed by atoms with Gasteiger partial charge in [0.1, 0.15) is 5.82 Å². The van der Waals surface area contributed by atoms with Crippen LogP contribution in [0.2, 0.25) is 0 Å². The van der Waals surface area contributed by atoms with Crippen LogP contribution in [0.25, 0.3) is 16.8 Å². The molecule has 2 aromatic heterocycles. The van der Waals surface area contributed by atoms with E-state index in [4.69, 9.17) is 10.7 Å². The van der Waals surface area contributed by atoms with Crippen LogP contribution in [-0.4, -0.2) is 27.7 Å². The Balaban J connectivity index is 1.90. The largest absolute Gasteiger partial charge is 0.383 e. The van der Waals surface area contributed by atoms with Crippen molar-refractivity contribution in [3.05, 3.63) is 46.2 Å². The number of hydrogen-bond donors (Lipinski definition) is 2. The van der Waals surface area contributed by atoms with Crippen molar-refractivity contribution in [2.24, 2.45) is 0 Å². The van der Waals surface area contributed by atoms with E-state index >= 15 is 0 Å². The fraction of sp³-hybridized carbons (Fsp3) is 0.333. The molecule has 3 aromatic rings. The molecule has 1 fully saturated rings. The molecule has 1 saturated heterocycles. The molecule has 124 valence electrons. The maximum Gasteiger partial charge on any atom is 0.165 e. The molecular formula is C18H20BrN5. The number of piperidine rings is 1. The van der Waals surface area contributed by atoms with E-state index in [9.17, 15) is 0 Å². The summed E-state index contributed by atoms with van der Waals surface area (Å²) in [5.41, 5.74) is 11.5. The van der Waals surface area contributed by atoms with Crippen LogP contribution < -0.4 is 11.1 Å². The molecule has 4 rings (SSSR count). The van der Waals surface area contributed by atoms with E-state index in [1.807, 2.05) is 6.20 Å². The lowest BCUT2D eigenvalue weighted by Crippen LogP contribution is -2.29. The van der Waals surface area contributed by atoms with Gasteiger partial charge in [-0.15, -0.1) is 0 Å². The SMILES string of the molecule is Cc1cccc(-c2cnn3c(N)c(Br)c(C4CCCNC4)nc23)c1. The molecular weight excluding hydrogens is 366 g/mol. The number of aromatic nitrogens is 3. The van der Waals surface area contributed by atoms with Crippen LogP contribution in [0.4, 0.5) is 5.82 Å². The predicted molar refractivity (Wildman–Crippen MR) is 100 cm³/mol. The number of halogens is 1. The van der Waals surface area contributed by atoms with Crippen LogP contribution in [0.15, 0.2) is 34.9 Å². The van der Waals surface area contributed by atoms with Crippen molar-refractivity contribution in [3.63, 3.8) is 0 Å². The average Bonchev–Trinajstić information content (AvgIpc) is 3.03. The first kappa shape index (κ1) is 15.6. The fourth-order valence-electron chi connectivity index (χ4n) is 3.39. The van der Waals surface area contributed by atoms with Crippen LogP contribution in [-0.2, 0) is 0 Å². The highest BCUT2D eigenvalue weighted by Gasteiger charge is 2.23. The van der Waals surface area contributed by atoms with Gasteiger partial charge in [-0.05, 0) is 47.8 Å². The Morgan fingerprint density at radius 1 is 1.38 bits per heavy atom. The maximum absolute atomic E-state index is 6.34. The van der Waals surface area contributed by atoms with E-state index in [1.165, 1.54) is 5.56 Å². The Labute approximate surface area is 149 Å². The minimum atomic E-state index is 0.376. The van der Waals surface area contributed by atoms with Gasteiger partial charge in [-0.3, -0.25) is 0 Å². The van der Waals surface area contributed by atoms with E-state index < -0.39 is 0 Å². The minimum Gasteiger partial charge on any atom is -0.383 e. The molecule has 0 saturated carbocycles. The van der Waals surface area contributed by atoms with Crippen molar-refractivity contribution in [2.45, 2.75) is 25.7 Å². The lowest BCUT2D eigenvalue weighted by atomic mass is 9.96. The van der Waals surface area contributed by atoms with Gasteiger partial charge in [-0.1, -0.05) is 29.8 Å². The molecule has 6 heteroatoms. The molecule has 0 radical (unpaired) electrons. The minimum absolute atomic E-state index is 0.376. The van der Waals surface area contributed by atoms with Gasteiger partial charge in [0, 0.05) is 18.0 Å². The van der Waals surface area contributed by atoms with E-state index in [-0.39, 0.29) is 0 Å². The zero-order chi connectivity index (χ0) is 16.7. The summed E-state index contributed by atoms with van der Waals surface area (Å²) < 4.78 is 2.59. The molecule has 1 atom stereocenters. The first-order valence-electron chi connectivity index (χ1n) is 8.25. The van der Waals surface area contributed by atoms with E-state index in [2.05, 4.69) is 57.5 Å². The monoisotopic (exact) mass is 385 g/mol. The van der Waals surface area contributed by atoms with Crippen LogP contribution >= 0.6 is 15.9 Å². The highest BCUT2D eigenvalue weighted by Crippen LogP contribution is 2.35. The number of nitrogen functional groups attached to an aromatic ring is 1. The number of fused-ring (bicyclic) bond motifs is 1. The Kier molecular flexibility index (Phi) is 4.02. The summed E-state index contributed by atoms with van der Waals surface area (Å²) in [5.74, 6) is 0.986. The second-order valence-corrected chi connectivity index (χ2v) is 7.20.